The molecule has 1 aliphatic rings. The molecule has 2 aromatic heterocycles. The largest absolute Gasteiger partial charge is 0.457 e. The lowest BCUT2D eigenvalue weighted by Crippen LogP contribution is -2.19. The molecule has 4 rings (SSSR count). The van der Waals surface area contributed by atoms with Crippen molar-refractivity contribution >= 4 is 29.4 Å². The number of aliphatic imine (C=N–C) groups is 1. The van der Waals surface area contributed by atoms with Crippen molar-refractivity contribution in [2.75, 3.05) is 5.32 Å². The van der Waals surface area contributed by atoms with E-state index >= 15 is 0 Å². The highest BCUT2D eigenvalue weighted by Crippen LogP contribution is 2.30. The average molecular weight is 521 g/mol. The number of alkyl halides is 3. The van der Waals surface area contributed by atoms with Crippen LogP contribution in [0.4, 0.5) is 19.0 Å². The highest BCUT2D eigenvalue weighted by molar-refractivity contribution is 6.45. The van der Waals surface area contributed by atoms with Gasteiger partial charge in [0.1, 0.15) is 23.0 Å². The Morgan fingerprint density at radius 3 is 2.58 bits per heavy atom. The number of carbonyl (C=O) groups excluding carboxylic acids is 2. The summed E-state index contributed by atoms with van der Waals surface area (Å²) in [6.45, 7) is 3.46. The summed E-state index contributed by atoms with van der Waals surface area (Å²) in [5.74, 6) is 0.0636. The number of Topliss-reactive ketones (excluding diaryl/α,β-unsaturated/α-hetero) is 1. The van der Waals surface area contributed by atoms with Crippen LogP contribution in [0.3, 0.4) is 0 Å². The fourth-order valence-electron chi connectivity index (χ4n) is 3.71. The summed E-state index contributed by atoms with van der Waals surface area (Å²) >= 11 is 0. The van der Waals surface area contributed by atoms with Crippen LogP contribution in [0.15, 0.2) is 71.5 Å². The zero-order valence-corrected chi connectivity index (χ0v) is 20.3. The van der Waals surface area contributed by atoms with E-state index in [-0.39, 0.29) is 35.5 Å². The summed E-state index contributed by atoms with van der Waals surface area (Å²) in [6, 6.07) is 9.68. The Bertz CT molecular complexity index is 1460. The predicted octanol–water partition coefficient (Wildman–Crippen LogP) is 5.38. The van der Waals surface area contributed by atoms with Gasteiger partial charge in [-0.05, 0) is 43.7 Å². The molecule has 3 aromatic rings. The molecule has 38 heavy (non-hydrogen) atoms. The lowest BCUT2D eigenvalue weighted by atomic mass is 9.97. The summed E-state index contributed by atoms with van der Waals surface area (Å²) in [5, 5.41) is 10.9. The Hall–Kier alpha value is -4.67. The van der Waals surface area contributed by atoms with Gasteiger partial charge in [-0.25, -0.2) is 4.98 Å². The number of benzene rings is 1. The van der Waals surface area contributed by atoms with E-state index in [1.165, 1.54) is 18.3 Å². The highest BCUT2D eigenvalue weighted by Gasteiger charge is 2.32. The molecule has 1 aliphatic heterocycles. The summed E-state index contributed by atoms with van der Waals surface area (Å²) in [4.78, 5) is 37.1. The number of hydrogen-bond acceptors (Lipinski definition) is 7. The van der Waals surface area contributed by atoms with Gasteiger partial charge in [0.15, 0.2) is 0 Å². The second kappa shape index (κ2) is 10.8. The number of anilines is 1. The molecule has 1 unspecified atom stereocenters. The van der Waals surface area contributed by atoms with Crippen LogP contribution in [0, 0.1) is 12.3 Å². The number of amides is 1. The van der Waals surface area contributed by atoms with Gasteiger partial charge in [-0.2, -0.15) is 13.2 Å². The minimum Gasteiger partial charge on any atom is -0.457 e. The number of allylic oxidation sites excluding steroid dienone is 1. The maximum atomic E-state index is 13.0. The maximum absolute atomic E-state index is 13.0. The first kappa shape index (κ1) is 26.4. The topological polar surface area (TPSA) is 117 Å². The first-order chi connectivity index (χ1) is 18.0. The van der Waals surface area contributed by atoms with Crippen LogP contribution >= 0.6 is 0 Å². The third-order valence-corrected chi connectivity index (χ3v) is 5.78. The van der Waals surface area contributed by atoms with Crippen LogP contribution in [0.1, 0.15) is 34.1 Å². The minimum absolute atomic E-state index is 0.179. The third-order valence-electron chi connectivity index (χ3n) is 5.78. The third kappa shape index (κ3) is 6.00. The van der Waals surface area contributed by atoms with Crippen molar-refractivity contribution < 1.29 is 27.5 Å². The standard InChI is InChI=1S/C27H22F3N5O3/c1-15-19(25(36)21(31)12-17-6-7-23(34-14-17)27(28,29)30)4-3-5-22(15)38-18-8-10-33-24(13-18)35-26(37)20-9-11-32-16(20)2/h3-11,13-14,16,31H,12H2,1-2H3,(H,33,35,37). The fourth-order valence-corrected chi connectivity index (χ4v) is 3.71. The van der Waals surface area contributed by atoms with Gasteiger partial charge in [0.2, 0.25) is 5.78 Å². The molecule has 0 spiro atoms. The van der Waals surface area contributed by atoms with Crippen LogP contribution in [0.25, 0.3) is 0 Å². The first-order valence-corrected chi connectivity index (χ1v) is 11.5. The van der Waals surface area contributed by atoms with Crippen molar-refractivity contribution in [1.29, 1.82) is 5.41 Å². The predicted molar refractivity (Wildman–Crippen MR) is 135 cm³/mol. The molecule has 3 heterocycles. The van der Waals surface area contributed by atoms with Crippen molar-refractivity contribution in [3.05, 3.63) is 88.9 Å². The Morgan fingerprint density at radius 1 is 1.13 bits per heavy atom. The first-order valence-electron chi connectivity index (χ1n) is 11.5. The van der Waals surface area contributed by atoms with Crippen molar-refractivity contribution in [2.45, 2.75) is 32.5 Å². The number of halogens is 3. The number of ether oxygens (including phenoxy) is 1. The van der Waals surface area contributed by atoms with Crippen molar-refractivity contribution in [2.24, 2.45) is 4.99 Å². The fraction of sp³-hybridized carbons (Fsp3) is 0.185. The van der Waals surface area contributed by atoms with Gasteiger partial charge in [0, 0.05) is 47.8 Å². The summed E-state index contributed by atoms with van der Waals surface area (Å²) in [7, 11) is 0. The van der Waals surface area contributed by atoms with Crippen LogP contribution in [-0.2, 0) is 17.4 Å². The van der Waals surface area contributed by atoms with Crippen molar-refractivity contribution in [1.82, 2.24) is 9.97 Å². The molecule has 1 aromatic carbocycles. The number of nitrogens with one attached hydrogen (secondary N) is 2. The Labute approximate surface area is 215 Å². The average Bonchev–Trinajstić information content (AvgIpc) is 3.31. The zero-order valence-electron chi connectivity index (χ0n) is 20.3. The van der Waals surface area contributed by atoms with Gasteiger partial charge in [-0.1, -0.05) is 18.2 Å². The number of nitrogens with zero attached hydrogens (tertiary/aromatic N) is 3. The highest BCUT2D eigenvalue weighted by atomic mass is 19.4. The quantitative estimate of drug-likeness (QED) is 0.305. The Balaban J connectivity index is 1.45. The molecule has 1 atom stereocenters. The lowest BCUT2D eigenvalue weighted by Gasteiger charge is -2.13. The molecule has 11 heteroatoms. The van der Waals surface area contributed by atoms with E-state index in [4.69, 9.17) is 10.1 Å². The number of rotatable bonds is 8. The molecule has 0 fully saturated rings. The van der Waals surface area contributed by atoms with Gasteiger partial charge < -0.3 is 15.5 Å². The number of carbonyl (C=O) groups is 2. The van der Waals surface area contributed by atoms with Crippen LogP contribution in [-0.4, -0.2) is 39.6 Å². The number of pyridine rings is 2. The monoisotopic (exact) mass is 521 g/mol. The minimum atomic E-state index is -4.57. The zero-order chi connectivity index (χ0) is 27.4. The molecule has 194 valence electrons. The Kier molecular flexibility index (Phi) is 7.47. The van der Waals surface area contributed by atoms with E-state index in [1.54, 1.807) is 50.4 Å². The van der Waals surface area contributed by atoms with Crippen LogP contribution in [0.2, 0.25) is 0 Å². The summed E-state index contributed by atoms with van der Waals surface area (Å²) < 4.78 is 44.1. The van der Waals surface area contributed by atoms with E-state index in [0.29, 0.717) is 28.2 Å². The molecule has 0 radical (unpaired) electrons. The molecule has 1 amide bonds. The van der Waals surface area contributed by atoms with E-state index in [9.17, 15) is 22.8 Å². The van der Waals surface area contributed by atoms with Gasteiger partial charge in [0.05, 0.1) is 11.8 Å². The summed E-state index contributed by atoms with van der Waals surface area (Å²) in [5.41, 5.74) is 0.157. The van der Waals surface area contributed by atoms with Gasteiger partial charge in [-0.15, -0.1) is 0 Å². The molecular formula is C27H22F3N5O3. The van der Waals surface area contributed by atoms with E-state index in [0.717, 1.165) is 12.3 Å². The second-order valence-corrected chi connectivity index (χ2v) is 8.49. The van der Waals surface area contributed by atoms with Crippen molar-refractivity contribution in [3.8, 4) is 11.5 Å². The van der Waals surface area contributed by atoms with Crippen LogP contribution < -0.4 is 10.1 Å². The number of aromatic nitrogens is 2. The normalized spacial score (nSPS) is 14.7. The van der Waals surface area contributed by atoms with Crippen molar-refractivity contribution in [3.63, 3.8) is 0 Å². The summed E-state index contributed by atoms with van der Waals surface area (Å²) in [6.07, 6.45) is 0.936. The van der Waals surface area contributed by atoms with E-state index in [2.05, 4.69) is 20.3 Å². The Morgan fingerprint density at radius 2 is 1.92 bits per heavy atom. The molecule has 0 saturated heterocycles. The molecule has 8 nitrogen and oxygen atoms in total. The SMILES string of the molecule is Cc1c(Oc2ccnc(NC(=O)C3=CC=NC3C)c2)cccc1C(=O)C(=N)Cc1ccc(C(F)(F)F)nc1. The van der Waals surface area contributed by atoms with Gasteiger partial charge >= 0.3 is 6.18 Å². The number of ketones is 1. The number of hydrogen-bond donors (Lipinski definition) is 2. The van der Waals surface area contributed by atoms with E-state index in [1.807, 2.05) is 0 Å². The van der Waals surface area contributed by atoms with E-state index < -0.39 is 17.7 Å². The lowest BCUT2D eigenvalue weighted by molar-refractivity contribution is -0.141. The molecule has 0 saturated carbocycles. The van der Waals surface area contributed by atoms with Crippen LogP contribution in [0.5, 0.6) is 11.5 Å². The maximum Gasteiger partial charge on any atom is 0.433 e. The molecule has 2 N–H and O–H groups in total. The smallest absolute Gasteiger partial charge is 0.433 e. The van der Waals surface area contributed by atoms with Gasteiger partial charge in [-0.3, -0.25) is 19.6 Å². The second-order valence-electron chi connectivity index (χ2n) is 8.49. The molecular weight excluding hydrogens is 499 g/mol. The molecule has 0 bridgehead atoms. The molecule has 0 aliphatic carbocycles. The van der Waals surface area contributed by atoms with Gasteiger partial charge in [0.25, 0.3) is 5.91 Å².